The molecule has 4 rings (SSSR count). The first kappa shape index (κ1) is 19.6. The van der Waals surface area contributed by atoms with Gasteiger partial charge in [0.2, 0.25) is 6.79 Å². The fraction of sp³-hybridized carbons (Fsp3) is 0.667. The summed E-state index contributed by atoms with van der Waals surface area (Å²) in [5.74, 6) is 1.79. The maximum absolute atomic E-state index is 5.75. The molecule has 2 heterocycles. The third-order valence-corrected chi connectivity index (χ3v) is 6.26. The predicted octanol–water partition coefficient (Wildman–Crippen LogP) is 5.18. The quantitative estimate of drug-likeness (QED) is 0.714. The van der Waals surface area contributed by atoms with Crippen LogP contribution in [0.4, 0.5) is 5.69 Å². The zero-order valence-electron chi connectivity index (χ0n) is 18.3. The summed E-state index contributed by atoms with van der Waals surface area (Å²) in [4.78, 5) is 5.13. The molecule has 0 atom stereocenters. The van der Waals surface area contributed by atoms with Gasteiger partial charge in [-0.05, 0) is 48.3 Å². The molecule has 0 saturated carbocycles. The van der Waals surface area contributed by atoms with Crippen molar-refractivity contribution in [2.24, 2.45) is 10.8 Å². The van der Waals surface area contributed by atoms with Crippen LogP contribution in [-0.2, 0) is 0 Å². The van der Waals surface area contributed by atoms with Crippen molar-refractivity contribution in [2.45, 2.75) is 53.9 Å². The van der Waals surface area contributed by atoms with Crippen molar-refractivity contribution in [1.29, 1.82) is 0 Å². The first-order valence-electron chi connectivity index (χ1n) is 10.9. The molecule has 1 aliphatic carbocycles. The molecule has 4 heteroatoms. The summed E-state index contributed by atoms with van der Waals surface area (Å²) < 4.78 is 11.5. The van der Waals surface area contributed by atoms with E-state index >= 15 is 0 Å². The molecule has 0 aromatic heterocycles. The van der Waals surface area contributed by atoms with Gasteiger partial charge in [-0.3, -0.25) is 4.90 Å². The SMILES string of the molecule is CCCN1CCN(c2cc3c(cc2C2=CC(C)(C)CC(C)(C)C2)OCO3)CC1. The fourth-order valence-electron chi connectivity index (χ4n) is 5.54. The molecule has 1 aromatic rings. The summed E-state index contributed by atoms with van der Waals surface area (Å²) >= 11 is 0. The van der Waals surface area contributed by atoms with Gasteiger partial charge in [-0.15, -0.1) is 0 Å². The van der Waals surface area contributed by atoms with Crippen molar-refractivity contribution in [3.8, 4) is 11.5 Å². The third kappa shape index (κ3) is 4.03. The highest BCUT2D eigenvalue weighted by Gasteiger charge is 2.35. The van der Waals surface area contributed by atoms with Gasteiger partial charge >= 0.3 is 0 Å². The Balaban J connectivity index is 1.70. The average molecular weight is 385 g/mol. The number of hydrogen-bond acceptors (Lipinski definition) is 4. The standard InChI is InChI=1S/C24H36N2O2/c1-6-7-25-8-10-26(11-9-25)20-13-22-21(27-17-28-22)12-19(20)18-14-23(2,3)16-24(4,5)15-18/h12-14H,6-11,15-17H2,1-5H3. The van der Waals surface area contributed by atoms with Gasteiger partial charge in [-0.2, -0.15) is 0 Å². The lowest BCUT2D eigenvalue weighted by atomic mass is 9.65. The first-order chi connectivity index (χ1) is 13.3. The highest BCUT2D eigenvalue weighted by molar-refractivity contribution is 5.81. The van der Waals surface area contributed by atoms with Gasteiger partial charge in [-0.1, -0.05) is 40.7 Å². The number of benzene rings is 1. The second kappa shape index (κ2) is 7.29. The molecular weight excluding hydrogens is 348 g/mol. The monoisotopic (exact) mass is 384 g/mol. The van der Waals surface area contributed by atoms with Crippen molar-refractivity contribution < 1.29 is 9.47 Å². The minimum Gasteiger partial charge on any atom is -0.454 e. The van der Waals surface area contributed by atoms with Crippen LogP contribution in [0.15, 0.2) is 18.2 Å². The van der Waals surface area contributed by atoms with Crippen molar-refractivity contribution in [3.05, 3.63) is 23.8 Å². The number of rotatable bonds is 4. The van der Waals surface area contributed by atoms with Crippen LogP contribution in [0.2, 0.25) is 0 Å². The van der Waals surface area contributed by atoms with Crippen LogP contribution in [0.1, 0.15) is 59.4 Å². The van der Waals surface area contributed by atoms with E-state index in [2.05, 4.69) is 62.6 Å². The van der Waals surface area contributed by atoms with Gasteiger partial charge in [0.25, 0.3) is 0 Å². The second-order valence-electron chi connectivity index (χ2n) is 10.2. The summed E-state index contributed by atoms with van der Waals surface area (Å²) in [5, 5.41) is 0. The molecule has 0 spiro atoms. The summed E-state index contributed by atoms with van der Waals surface area (Å²) in [6, 6.07) is 4.46. The van der Waals surface area contributed by atoms with E-state index in [4.69, 9.17) is 9.47 Å². The summed E-state index contributed by atoms with van der Waals surface area (Å²) in [6.07, 6.45) is 6.07. The lowest BCUT2D eigenvalue weighted by molar-refractivity contribution is 0.174. The van der Waals surface area contributed by atoms with Crippen molar-refractivity contribution in [3.63, 3.8) is 0 Å². The number of nitrogens with zero attached hydrogens (tertiary/aromatic N) is 2. The van der Waals surface area contributed by atoms with E-state index in [9.17, 15) is 0 Å². The third-order valence-electron chi connectivity index (χ3n) is 6.26. The second-order valence-corrected chi connectivity index (χ2v) is 10.2. The number of piperazine rings is 1. The van der Waals surface area contributed by atoms with E-state index in [-0.39, 0.29) is 5.41 Å². The summed E-state index contributed by atoms with van der Waals surface area (Å²) in [5.41, 5.74) is 4.64. The van der Waals surface area contributed by atoms with Gasteiger partial charge in [0.05, 0.1) is 0 Å². The zero-order chi connectivity index (χ0) is 19.9. The Morgan fingerprint density at radius 1 is 0.964 bits per heavy atom. The molecule has 4 nitrogen and oxygen atoms in total. The topological polar surface area (TPSA) is 24.9 Å². The number of fused-ring (bicyclic) bond motifs is 1. The Bertz CT molecular complexity index is 758. The van der Waals surface area contributed by atoms with Crippen LogP contribution in [0.5, 0.6) is 11.5 Å². The van der Waals surface area contributed by atoms with E-state index in [1.807, 2.05) is 0 Å². The minimum absolute atomic E-state index is 0.213. The number of allylic oxidation sites excluding steroid dienone is 2. The lowest BCUT2D eigenvalue weighted by Gasteiger charge is -2.41. The molecule has 0 N–H and O–H groups in total. The highest BCUT2D eigenvalue weighted by atomic mass is 16.7. The number of anilines is 1. The largest absolute Gasteiger partial charge is 0.454 e. The van der Waals surface area contributed by atoms with E-state index in [1.54, 1.807) is 0 Å². The Hall–Kier alpha value is -1.68. The Kier molecular flexibility index (Phi) is 5.11. The maximum Gasteiger partial charge on any atom is 0.231 e. The Morgan fingerprint density at radius 3 is 2.29 bits per heavy atom. The Morgan fingerprint density at radius 2 is 1.64 bits per heavy atom. The van der Waals surface area contributed by atoms with E-state index in [0.717, 1.165) is 44.1 Å². The molecule has 0 radical (unpaired) electrons. The maximum atomic E-state index is 5.75. The molecule has 1 saturated heterocycles. The molecule has 0 amide bonds. The average Bonchev–Trinajstić information content (AvgIpc) is 3.06. The van der Waals surface area contributed by atoms with Crippen molar-refractivity contribution in [2.75, 3.05) is 44.4 Å². The number of ether oxygens (including phenoxy) is 2. The van der Waals surface area contributed by atoms with E-state index in [1.165, 1.54) is 36.2 Å². The van der Waals surface area contributed by atoms with Gasteiger partial charge < -0.3 is 14.4 Å². The van der Waals surface area contributed by atoms with Gasteiger partial charge in [0.15, 0.2) is 11.5 Å². The zero-order valence-corrected chi connectivity index (χ0v) is 18.3. The van der Waals surface area contributed by atoms with Crippen LogP contribution in [0, 0.1) is 10.8 Å². The molecular formula is C24H36N2O2. The molecule has 154 valence electrons. The van der Waals surface area contributed by atoms with Crippen LogP contribution in [0.25, 0.3) is 5.57 Å². The molecule has 3 aliphatic rings. The lowest BCUT2D eigenvalue weighted by Crippen LogP contribution is -2.46. The molecule has 0 bridgehead atoms. The Labute approximate surface area is 170 Å². The van der Waals surface area contributed by atoms with Gasteiger partial charge in [0, 0.05) is 43.5 Å². The van der Waals surface area contributed by atoms with Crippen molar-refractivity contribution in [1.82, 2.24) is 4.90 Å². The number of hydrogen-bond donors (Lipinski definition) is 0. The molecule has 1 aromatic carbocycles. The first-order valence-corrected chi connectivity index (χ1v) is 10.9. The van der Waals surface area contributed by atoms with Gasteiger partial charge in [-0.25, -0.2) is 0 Å². The smallest absolute Gasteiger partial charge is 0.231 e. The van der Waals surface area contributed by atoms with Crippen LogP contribution >= 0.6 is 0 Å². The van der Waals surface area contributed by atoms with Crippen LogP contribution in [-0.4, -0.2) is 44.4 Å². The molecule has 28 heavy (non-hydrogen) atoms. The molecule has 0 unspecified atom stereocenters. The van der Waals surface area contributed by atoms with Crippen LogP contribution < -0.4 is 14.4 Å². The predicted molar refractivity (Wildman–Crippen MR) is 116 cm³/mol. The van der Waals surface area contributed by atoms with E-state index in [0.29, 0.717) is 12.2 Å². The van der Waals surface area contributed by atoms with Crippen molar-refractivity contribution >= 4 is 11.3 Å². The molecule has 1 fully saturated rings. The highest BCUT2D eigenvalue weighted by Crippen LogP contribution is 2.50. The minimum atomic E-state index is 0.213. The normalized spacial score (nSPS) is 23.6. The van der Waals surface area contributed by atoms with Gasteiger partial charge in [0.1, 0.15) is 0 Å². The fourth-order valence-corrected chi connectivity index (χ4v) is 5.54. The summed E-state index contributed by atoms with van der Waals surface area (Å²) in [6.45, 7) is 17.8. The molecule has 2 aliphatic heterocycles. The van der Waals surface area contributed by atoms with Crippen LogP contribution in [0.3, 0.4) is 0 Å². The van der Waals surface area contributed by atoms with E-state index < -0.39 is 0 Å². The summed E-state index contributed by atoms with van der Waals surface area (Å²) in [7, 11) is 0.